The Kier molecular flexibility index (Phi) is 4.33. The van der Waals surface area contributed by atoms with Crippen molar-refractivity contribution in [3.8, 4) is 0 Å². The Morgan fingerprint density at radius 1 is 1.05 bits per heavy atom. The number of esters is 1. The molecule has 2 aromatic rings. The Balaban J connectivity index is 2.64. The van der Waals surface area contributed by atoms with Gasteiger partial charge >= 0.3 is 5.97 Å². The monoisotopic (exact) mass is 285 g/mol. The summed E-state index contributed by atoms with van der Waals surface area (Å²) in [5, 5.41) is 11.2. The van der Waals surface area contributed by atoms with E-state index in [4.69, 9.17) is 4.74 Å². The van der Waals surface area contributed by atoms with Gasteiger partial charge in [-0.1, -0.05) is 60.7 Å². The molecular weight excluding hydrogens is 270 g/mol. The maximum Gasteiger partial charge on any atom is 0.304 e. The fraction of sp³-hybridized carbons (Fsp3) is 0.188. The van der Waals surface area contributed by atoms with E-state index in [9.17, 15) is 14.9 Å². The van der Waals surface area contributed by atoms with E-state index in [2.05, 4.69) is 0 Å². The van der Waals surface area contributed by atoms with Crippen molar-refractivity contribution in [2.75, 3.05) is 6.54 Å². The summed E-state index contributed by atoms with van der Waals surface area (Å²) in [6.07, 6.45) is 0. The first kappa shape index (κ1) is 14.7. The lowest BCUT2D eigenvalue weighted by Crippen LogP contribution is -2.40. The summed E-state index contributed by atoms with van der Waals surface area (Å²) in [7, 11) is 0. The molecule has 0 spiro atoms. The molecule has 0 aliphatic carbocycles. The van der Waals surface area contributed by atoms with E-state index < -0.39 is 23.0 Å². The lowest BCUT2D eigenvalue weighted by Gasteiger charge is -2.30. The van der Waals surface area contributed by atoms with E-state index in [0.717, 1.165) is 0 Å². The van der Waals surface area contributed by atoms with Gasteiger partial charge < -0.3 is 4.74 Å². The molecule has 108 valence electrons. The second-order valence-corrected chi connectivity index (χ2v) is 4.64. The van der Waals surface area contributed by atoms with Crippen LogP contribution >= 0.6 is 0 Å². The van der Waals surface area contributed by atoms with Crippen LogP contribution in [0.3, 0.4) is 0 Å². The summed E-state index contributed by atoms with van der Waals surface area (Å²) in [6.45, 7) is 0.723. The van der Waals surface area contributed by atoms with E-state index in [1.807, 2.05) is 0 Å². The van der Waals surface area contributed by atoms with Crippen LogP contribution in [0.2, 0.25) is 0 Å². The van der Waals surface area contributed by atoms with Crippen LogP contribution in [-0.4, -0.2) is 17.4 Å². The normalized spacial score (nSPS) is 10.9. The molecule has 0 aliphatic heterocycles. The number of hydrogen-bond acceptors (Lipinski definition) is 4. The zero-order valence-electron chi connectivity index (χ0n) is 11.6. The molecule has 5 nitrogen and oxygen atoms in total. The van der Waals surface area contributed by atoms with Gasteiger partial charge in [-0.25, -0.2) is 0 Å². The second-order valence-electron chi connectivity index (χ2n) is 4.64. The Hall–Kier alpha value is -2.69. The first-order chi connectivity index (χ1) is 10.0. The van der Waals surface area contributed by atoms with Crippen molar-refractivity contribution >= 4 is 5.97 Å². The lowest BCUT2D eigenvalue weighted by atomic mass is 9.86. The SMILES string of the molecule is CC(=O)OC(C[N+](=O)[O-])(c1ccccc1)c1ccccc1. The van der Waals surface area contributed by atoms with Gasteiger partial charge in [-0.05, 0) is 0 Å². The van der Waals surface area contributed by atoms with Gasteiger partial charge in [-0.3, -0.25) is 14.9 Å². The van der Waals surface area contributed by atoms with Crippen LogP contribution in [0.15, 0.2) is 60.7 Å². The molecule has 0 saturated carbocycles. The highest BCUT2D eigenvalue weighted by atomic mass is 16.6. The van der Waals surface area contributed by atoms with Crippen LogP contribution in [-0.2, 0) is 15.1 Å². The van der Waals surface area contributed by atoms with Crippen LogP contribution in [0.25, 0.3) is 0 Å². The van der Waals surface area contributed by atoms with Crippen molar-refractivity contribution in [1.29, 1.82) is 0 Å². The number of carbonyl (C=O) groups excluding carboxylic acids is 1. The highest BCUT2D eigenvalue weighted by molar-refractivity contribution is 5.67. The molecule has 0 amide bonds. The highest BCUT2D eigenvalue weighted by Crippen LogP contribution is 2.34. The van der Waals surface area contributed by atoms with Gasteiger partial charge in [0.1, 0.15) is 0 Å². The van der Waals surface area contributed by atoms with Gasteiger partial charge in [0.15, 0.2) is 0 Å². The number of rotatable bonds is 5. The van der Waals surface area contributed by atoms with Crippen molar-refractivity contribution in [3.05, 3.63) is 81.9 Å². The van der Waals surface area contributed by atoms with Crippen molar-refractivity contribution in [3.63, 3.8) is 0 Å². The third kappa shape index (κ3) is 3.25. The van der Waals surface area contributed by atoms with Crippen molar-refractivity contribution in [2.24, 2.45) is 0 Å². The number of ether oxygens (including phenoxy) is 1. The number of benzene rings is 2. The van der Waals surface area contributed by atoms with Gasteiger partial charge in [0.2, 0.25) is 5.60 Å². The minimum Gasteiger partial charge on any atom is -0.442 e. The number of nitro groups is 1. The molecule has 0 N–H and O–H groups in total. The number of nitrogens with zero attached hydrogens (tertiary/aromatic N) is 1. The summed E-state index contributed by atoms with van der Waals surface area (Å²) in [5.74, 6) is -0.565. The Labute approximate surface area is 122 Å². The fourth-order valence-corrected chi connectivity index (χ4v) is 2.34. The molecule has 0 atom stereocenters. The molecule has 2 aromatic carbocycles. The number of hydrogen-bond donors (Lipinski definition) is 0. The first-order valence-electron chi connectivity index (χ1n) is 6.47. The highest BCUT2D eigenvalue weighted by Gasteiger charge is 2.43. The summed E-state index contributed by atoms with van der Waals surface area (Å²) < 4.78 is 5.44. The van der Waals surface area contributed by atoms with E-state index in [-0.39, 0.29) is 0 Å². The Morgan fingerprint density at radius 3 is 1.81 bits per heavy atom. The maximum absolute atomic E-state index is 11.5. The van der Waals surface area contributed by atoms with Gasteiger partial charge in [0, 0.05) is 23.0 Å². The molecule has 2 rings (SSSR count). The predicted octanol–water partition coefficient (Wildman–Crippen LogP) is 2.77. The van der Waals surface area contributed by atoms with Gasteiger partial charge in [0.25, 0.3) is 6.54 Å². The average molecular weight is 285 g/mol. The summed E-state index contributed by atoms with van der Waals surface area (Å²) >= 11 is 0. The van der Waals surface area contributed by atoms with Crippen molar-refractivity contribution < 1.29 is 14.5 Å². The fourth-order valence-electron chi connectivity index (χ4n) is 2.34. The topological polar surface area (TPSA) is 69.4 Å². The Morgan fingerprint density at radius 2 is 1.48 bits per heavy atom. The largest absolute Gasteiger partial charge is 0.442 e. The van der Waals surface area contributed by atoms with E-state index >= 15 is 0 Å². The summed E-state index contributed by atoms with van der Waals surface area (Å²) in [6, 6.07) is 17.5. The zero-order valence-corrected chi connectivity index (χ0v) is 11.6. The van der Waals surface area contributed by atoms with Crippen LogP contribution in [0.1, 0.15) is 18.1 Å². The van der Waals surface area contributed by atoms with E-state index in [0.29, 0.717) is 11.1 Å². The molecule has 0 heterocycles. The molecule has 0 fully saturated rings. The van der Waals surface area contributed by atoms with Crippen LogP contribution < -0.4 is 0 Å². The molecule has 0 saturated heterocycles. The van der Waals surface area contributed by atoms with Gasteiger partial charge in [-0.15, -0.1) is 0 Å². The standard InChI is InChI=1S/C16H15NO4/c1-13(18)21-16(12-17(19)20,14-8-4-2-5-9-14)15-10-6-3-7-11-15/h2-11H,12H2,1H3. The quantitative estimate of drug-likeness (QED) is 0.481. The zero-order chi connectivity index (χ0) is 15.3. The summed E-state index contributed by atoms with van der Waals surface area (Å²) in [4.78, 5) is 22.2. The third-order valence-corrected chi connectivity index (χ3v) is 3.15. The van der Waals surface area contributed by atoms with Crippen molar-refractivity contribution in [1.82, 2.24) is 0 Å². The van der Waals surface area contributed by atoms with Crippen LogP contribution in [0.4, 0.5) is 0 Å². The van der Waals surface area contributed by atoms with E-state index in [1.54, 1.807) is 60.7 Å². The molecule has 0 aromatic heterocycles. The second kappa shape index (κ2) is 6.17. The average Bonchev–Trinajstić information content (AvgIpc) is 2.47. The Bertz CT molecular complexity index is 568. The molecular formula is C16H15NO4. The van der Waals surface area contributed by atoms with Crippen LogP contribution in [0.5, 0.6) is 0 Å². The minimum absolute atomic E-state index is 0.469. The predicted molar refractivity (Wildman–Crippen MR) is 77.3 cm³/mol. The van der Waals surface area contributed by atoms with Gasteiger partial charge in [0.05, 0.1) is 0 Å². The van der Waals surface area contributed by atoms with Crippen LogP contribution in [0, 0.1) is 10.1 Å². The third-order valence-electron chi connectivity index (χ3n) is 3.15. The minimum atomic E-state index is -1.42. The first-order valence-corrected chi connectivity index (χ1v) is 6.47. The van der Waals surface area contributed by atoms with Gasteiger partial charge in [-0.2, -0.15) is 0 Å². The maximum atomic E-state index is 11.5. The molecule has 0 aliphatic rings. The molecule has 0 bridgehead atoms. The molecule has 0 unspecified atom stereocenters. The van der Waals surface area contributed by atoms with Crippen molar-refractivity contribution in [2.45, 2.75) is 12.5 Å². The molecule has 21 heavy (non-hydrogen) atoms. The lowest BCUT2D eigenvalue weighted by molar-refractivity contribution is -0.499. The number of carbonyl (C=O) groups is 1. The molecule has 5 heteroatoms. The smallest absolute Gasteiger partial charge is 0.304 e. The van der Waals surface area contributed by atoms with E-state index in [1.165, 1.54) is 6.92 Å². The summed E-state index contributed by atoms with van der Waals surface area (Å²) in [5.41, 5.74) is -0.274. The molecule has 0 radical (unpaired) electrons.